The number of nitrogens with one attached hydrogen (secondary N) is 1. The molecule has 39 heavy (non-hydrogen) atoms. The molecule has 1 fully saturated rings. The molecule has 6 rings (SSSR count). The molecule has 1 aliphatic heterocycles. The number of pyridine rings is 1. The van der Waals surface area contributed by atoms with Crippen molar-refractivity contribution >= 4 is 28.4 Å². The highest BCUT2D eigenvalue weighted by Crippen LogP contribution is 2.39. The van der Waals surface area contributed by atoms with E-state index in [-0.39, 0.29) is 0 Å². The minimum atomic E-state index is -0.851. The maximum absolute atomic E-state index is 11.1. The Hall–Kier alpha value is -3.49. The molecule has 1 atom stereocenters. The minimum Gasteiger partial charge on any atom is -0.384 e. The number of hydrogen-bond acceptors (Lipinski definition) is 7. The Morgan fingerprint density at radius 2 is 1.87 bits per heavy atom. The third kappa shape index (κ3) is 4.66. The maximum Gasteiger partial charge on any atom is 0.229 e. The van der Waals surface area contributed by atoms with Crippen molar-refractivity contribution in [3.63, 3.8) is 0 Å². The van der Waals surface area contributed by atoms with Crippen LogP contribution >= 0.6 is 0 Å². The Bertz CT molecular complexity index is 1520. The summed E-state index contributed by atoms with van der Waals surface area (Å²) < 4.78 is 2.06. The number of aryl methyl sites for hydroxylation is 3. The molecule has 3 aromatic heterocycles. The molecular formula is C31H39N7O. The Labute approximate surface area is 230 Å². The first-order valence-electron chi connectivity index (χ1n) is 14.1. The van der Waals surface area contributed by atoms with Crippen LogP contribution in [0, 0.1) is 13.8 Å². The van der Waals surface area contributed by atoms with Crippen molar-refractivity contribution in [1.82, 2.24) is 24.4 Å². The molecule has 0 bridgehead atoms. The van der Waals surface area contributed by atoms with E-state index >= 15 is 0 Å². The Morgan fingerprint density at radius 1 is 1.08 bits per heavy atom. The molecule has 0 unspecified atom stereocenters. The summed E-state index contributed by atoms with van der Waals surface area (Å²) in [4.78, 5) is 19.3. The molecule has 8 nitrogen and oxygen atoms in total. The van der Waals surface area contributed by atoms with E-state index in [1.165, 1.54) is 24.1 Å². The third-order valence-corrected chi connectivity index (χ3v) is 8.74. The van der Waals surface area contributed by atoms with Crippen LogP contribution in [0.1, 0.15) is 55.1 Å². The average Bonchev–Trinajstić information content (AvgIpc) is 3.44. The number of anilines is 3. The van der Waals surface area contributed by atoms with Crippen molar-refractivity contribution in [3.05, 3.63) is 65.1 Å². The number of fused-ring (bicyclic) bond motifs is 2. The molecule has 0 saturated carbocycles. The SMILES string of the molecule is CC[C@@]1(O)CCc2ccc(-n3c(C)cc4cnc(Nc5ccc(N6CCC(N(C)C)CC6)c(C)c5)nc43)nc21. The summed E-state index contributed by atoms with van der Waals surface area (Å²) in [5.74, 6) is 1.32. The van der Waals surface area contributed by atoms with Crippen LogP contribution in [0.4, 0.5) is 17.3 Å². The van der Waals surface area contributed by atoms with Crippen molar-refractivity contribution in [2.45, 2.75) is 64.5 Å². The number of rotatable bonds is 6. The van der Waals surface area contributed by atoms with E-state index in [0.717, 1.165) is 65.4 Å². The lowest BCUT2D eigenvalue weighted by Crippen LogP contribution is -2.42. The third-order valence-electron chi connectivity index (χ3n) is 8.74. The zero-order chi connectivity index (χ0) is 27.3. The summed E-state index contributed by atoms with van der Waals surface area (Å²) in [6, 6.07) is 13.4. The van der Waals surface area contributed by atoms with Crippen LogP contribution < -0.4 is 10.2 Å². The van der Waals surface area contributed by atoms with Crippen molar-refractivity contribution in [3.8, 4) is 5.82 Å². The lowest BCUT2D eigenvalue weighted by Gasteiger charge is -2.37. The van der Waals surface area contributed by atoms with Gasteiger partial charge in [-0.3, -0.25) is 4.57 Å². The predicted octanol–water partition coefficient (Wildman–Crippen LogP) is 5.25. The number of benzene rings is 1. The fourth-order valence-electron chi connectivity index (χ4n) is 6.32. The number of aliphatic hydroxyl groups is 1. The number of aromatic nitrogens is 4. The van der Waals surface area contributed by atoms with Gasteiger partial charge < -0.3 is 20.2 Å². The van der Waals surface area contributed by atoms with E-state index in [9.17, 15) is 5.11 Å². The average molecular weight is 526 g/mol. The normalized spacial score (nSPS) is 19.7. The topological polar surface area (TPSA) is 82.3 Å². The van der Waals surface area contributed by atoms with Crippen molar-refractivity contribution in [1.29, 1.82) is 0 Å². The maximum atomic E-state index is 11.1. The van der Waals surface area contributed by atoms with Gasteiger partial charge in [0.2, 0.25) is 5.95 Å². The van der Waals surface area contributed by atoms with Gasteiger partial charge >= 0.3 is 0 Å². The van der Waals surface area contributed by atoms with Crippen LogP contribution in [0.25, 0.3) is 16.9 Å². The molecule has 204 valence electrons. The number of piperidine rings is 1. The fraction of sp³-hybridized carbons (Fsp3) is 0.452. The minimum absolute atomic E-state index is 0.548. The summed E-state index contributed by atoms with van der Waals surface area (Å²) in [6.07, 6.45) is 6.49. The Balaban J connectivity index is 1.26. The van der Waals surface area contributed by atoms with E-state index in [0.29, 0.717) is 18.4 Å². The Morgan fingerprint density at radius 3 is 2.59 bits per heavy atom. The largest absolute Gasteiger partial charge is 0.384 e. The lowest BCUT2D eigenvalue weighted by atomic mass is 9.98. The summed E-state index contributed by atoms with van der Waals surface area (Å²) in [6.45, 7) is 8.41. The van der Waals surface area contributed by atoms with Gasteiger partial charge in [0, 0.05) is 47.8 Å². The van der Waals surface area contributed by atoms with Crippen molar-refractivity contribution < 1.29 is 5.11 Å². The molecule has 1 aliphatic carbocycles. The van der Waals surface area contributed by atoms with Crippen LogP contribution in [0.15, 0.2) is 42.6 Å². The summed E-state index contributed by atoms with van der Waals surface area (Å²) in [5, 5.41) is 15.5. The van der Waals surface area contributed by atoms with Gasteiger partial charge in [0.15, 0.2) is 5.65 Å². The highest BCUT2D eigenvalue weighted by Gasteiger charge is 2.37. The van der Waals surface area contributed by atoms with Crippen LogP contribution in [0.5, 0.6) is 0 Å². The molecule has 1 aromatic carbocycles. The standard InChI is InChI=1S/C31H39N7O/c1-6-31(39)14-11-22-7-10-27(34-28(22)31)38-21(3)18-23-19-32-30(35-29(23)38)33-24-8-9-26(20(2)17-24)37-15-12-25(13-16-37)36(4)5/h7-10,17-19,25,39H,6,11-16H2,1-5H3,(H,32,33,35)/t31-/m1/s1. The fourth-order valence-corrected chi connectivity index (χ4v) is 6.32. The molecule has 2 aliphatic rings. The van der Waals surface area contributed by atoms with Gasteiger partial charge in [-0.25, -0.2) is 9.97 Å². The molecular weight excluding hydrogens is 486 g/mol. The van der Waals surface area contributed by atoms with Crippen LogP contribution in [0.2, 0.25) is 0 Å². The van der Waals surface area contributed by atoms with Crippen LogP contribution in [-0.4, -0.2) is 62.8 Å². The van der Waals surface area contributed by atoms with Gasteiger partial charge in [-0.2, -0.15) is 4.98 Å². The first kappa shape index (κ1) is 25.8. The van der Waals surface area contributed by atoms with E-state index in [1.54, 1.807) is 0 Å². The molecule has 0 radical (unpaired) electrons. The monoisotopic (exact) mass is 525 g/mol. The van der Waals surface area contributed by atoms with E-state index in [2.05, 4.69) is 82.9 Å². The van der Waals surface area contributed by atoms with E-state index < -0.39 is 5.60 Å². The van der Waals surface area contributed by atoms with Crippen molar-refractivity contribution in [2.24, 2.45) is 0 Å². The number of nitrogens with zero attached hydrogens (tertiary/aromatic N) is 6. The first-order valence-corrected chi connectivity index (χ1v) is 14.1. The molecule has 8 heteroatoms. The van der Waals surface area contributed by atoms with Gasteiger partial charge in [0.25, 0.3) is 0 Å². The summed E-state index contributed by atoms with van der Waals surface area (Å²) in [7, 11) is 4.36. The van der Waals surface area contributed by atoms with Gasteiger partial charge in [-0.15, -0.1) is 0 Å². The predicted molar refractivity (Wildman–Crippen MR) is 157 cm³/mol. The molecule has 4 aromatic rings. The van der Waals surface area contributed by atoms with Crippen LogP contribution in [-0.2, 0) is 12.0 Å². The summed E-state index contributed by atoms with van der Waals surface area (Å²) >= 11 is 0. The second kappa shape index (κ2) is 9.92. The molecule has 2 N–H and O–H groups in total. The zero-order valence-corrected chi connectivity index (χ0v) is 23.7. The van der Waals surface area contributed by atoms with Crippen LogP contribution in [0.3, 0.4) is 0 Å². The van der Waals surface area contributed by atoms with Gasteiger partial charge in [-0.05, 0) is 102 Å². The highest BCUT2D eigenvalue weighted by molar-refractivity contribution is 5.80. The molecule has 0 amide bonds. The second-order valence-electron chi connectivity index (χ2n) is 11.5. The summed E-state index contributed by atoms with van der Waals surface area (Å²) in [5.41, 5.74) is 6.43. The van der Waals surface area contributed by atoms with Crippen molar-refractivity contribution in [2.75, 3.05) is 37.4 Å². The Kier molecular flexibility index (Phi) is 6.55. The lowest BCUT2D eigenvalue weighted by molar-refractivity contribution is 0.0306. The highest BCUT2D eigenvalue weighted by atomic mass is 16.3. The van der Waals surface area contributed by atoms with E-state index in [1.807, 2.05) is 19.2 Å². The zero-order valence-electron chi connectivity index (χ0n) is 23.7. The van der Waals surface area contributed by atoms with Gasteiger partial charge in [0.1, 0.15) is 11.4 Å². The second-order valence-corrected chi connectivity index (χ2v) is 11.5. The molecule has 1 saturated heterocycles. The van der Waals surface area contributed by atoms with E-state index in [4.69, 9.17) is 9.97 Å². The molecule has 4 heterocycles. The molecule has 0 spiro atoms. The smallest absolute Gasteiger partial charge is 0.229 e. The first-order chi connectivity index (χ1) is 18.8. The quantitative estimate of drug-likeness (QED) is 0.356. The van der Waals surface area contributed by atoms with Gasteiger partial charge in [-0.1, -0.05) is 13.0 Å². The van der Waals surface area contributed by atoms with Gasteiger partial charge in [0.05, 0.1) is 5.69 Å². The number of hydrogen-bond donors (Lipinski definition) is 2.